The quantitative estimate of drug-likeness (QED) is 0.629. The smallest absolute Gasteiger partial charge is 0.243 e. The van der Waals surface area contributed by atoms with Crippen molar-refractivity contribution in [3.05, 3.63) is 63.6 Å². The van der Waals surface area contributed by atoms with Gasteiger partial charge in [-0.2, -0.15) is 4.31 Å². The molecule has 1 aliphatic carbocycles. The molecule has 2 aromatic rings. The molecule has 2 aliphatic rings. The number of piperidine rings is 1. The summed E-state index contributed by atoms with van der Waals surface area (Å²) >= 11 is 12.2. The van der Waals surface area contributed by atoms with Crippen molar-refractivity contribution >= 4 is 39.1 Å². The van der Waals surface area contributed by atoms with Gasteiger partial charge >= 0.3 is 0 Å². The van der Waals surface area contributed by atoms with E-state index in [1.54, 1.807) is 25.1 Å². The van der Waals surface area contributed by atoms with Gasteiger partial charge in [0.25, 0.3) is 0 Å². The molecule has 1 saturated carbocycles. The van der Waals surface area contributed by atoms with Crippen LogP contribution in [0.2, 0.25) is 10.0 Å². The van der Waals surface area contributed by atoms with Crippen LogP contribution < -0.4 is 5.32 Å². The van der Waals surface area contributed by atoms with Crippen molar-refractivity contribution in [1.82, 2.24) is 9.62 Å². The molecule has 0 unspecified atom stereocenters. The van der Waals surface area contributed by atoms with Crippen molar-refractivity contribution in [3.63, 3.8) is 0 Å². The fourth-order valence-corrected chi connectivity index (χ4v) is 7.13. The molecule has 0 bridgehead atoms. The van der Waals surface area contributed by atoms with Gasteiger partial charge in [0.2, 0.25) is 15.9 Å². The third-order valence-corrected chi connectivity index (χ3v) is 9.51. The minimum Gasteiger partial charge on any atom is -0.351 e. The summed E-state index contributed by atoms with van der Waals surface area (Å²) in [7, 11) is -3.69. The van der Waals surface area contributed by atoms with Crippen LogP contribution in [0.15, 0.2) is 47.4 Å². The molecule has 2 fully saturated rings. The Kier molecular flexibility index (Phi) is 6.87. The molecule has 1 heterocycles. The van der Waals surface area contributed by atoms with Crippen LogP contribution >= 0.6 is 23.2 Å². The van der Waals surface area contributed by atoms with E-state index in [1.807, 2.05) is 24.3 Å². The molecule has 172 valence electrons. The van der Waals surface area contributed by atoms with Gasteiger partial charge in [-0.05, 0) is 68.0 Å². The molecule has 32 heavy (non-hydrogen) atoms. The maximum Gasteiger partial charge on any atom is 0.243 e. The predicted octanol–water partition coefficient (Wildman–Crippen LogP) is 5.08. The van der Waals surface area contributed by atoms with E-state index in [4.69, 9.17) is 23.2 Å². The Bertz CT molecular complexity index is 1100. The minimum absolute atomic E-state index is 0.0134. The Hall–Kier alpha value is -1.60. The van der Waals surface area contributed by atoms with E-state index in [2.05, 4.69) is 5.32 Å². The summed E-state index contributed by atoms with van der Waals surface area (Å²) in [4.78, 5) is 13.7. The van der Waals surface area contributed by atoms with Crippen LogP contribution in [-0.2, 0) is 20.2 Å². The van der Waals surface area contributed by atoms with Crippen LogP contribution in [0.3, 0.4) is 0 Å². The molecule has 0 aromatic heterocycles. The molecular formula is C24H28Cl2N2O3S. The molecule has 4 rings (SSSR count). The zero-order valence-corrected chi connectivity index (χ0v) is 20.4. The first kappa shape index (κ1) is 23.6. The highest BCUT2D eigenvalue weighted by Crippen LogP contribution is 2.42. The Morgan fingerprint density at radius 1 is 1.06 bits per heavy atom. The first-order valence-corrected chi connectivity index (χ1v) is 13.3. The Morgan fingerprint density at radius 2 is 1.75 bits per heavy atom. The van der Waals surface area contributed by atoms with E-state index in [-0.39, 0.29) is 23.4 Å². The fourth-order valence-electron chi connectivity index (χ4n) is 5.00. The molecule has 1 N–H and O–H groups in total. The van der Waals surface area contributed by atoms with Crippen LogP contribution in [0, 0.1) is 6.92 Å². The second kappa shape index (κ2) is 9.34. The van der Waals surface area contributed by atoms with Gasteiger partial charge in [0.15, 0.2) is 0 Å². The number of halogens is 2. The lowest BCUT2D eigenvalue weighted by molar-refractivity contribution is -0.127. The normalized spacial score (nSPS) is 21.4. The number of nitrogens with one attached hydrogen (secondary N) is 1. The summed E-state index contributed by atoms with van der Waals surface area (Å²) in [5.41, 5.74) is 0.953. The van der Waals surface area contributed by atoms with Crippen molar-refractivity contribution in [2.75, 3.05) is 13.1 Å². The number of nitrogens with zero attached hydrogens (tertiary/aromatic N) is 1. The number of sulfonamides is 1. The van der Waals surface area contributed by atoms with Crippen molar-refractivity contribution in [2.45, 2.75) is 61.8 Å². The van der Waals surface area contributed by atoms with Gasteiger partial charge in [0, 0.05) is 29.2 Å². The minimum atomic E-state index is -3.69. The summed E-state index contributed by atoms with van der Waals surface area (Å²) < 4.78 is 28.1. The van der Waals surface area contributed by atoms with E-state index in [0.29, 0.717) is 28.6 Å². The zero-order valence-electron chi connectivity index (χ0n) is 18.1. The first-order chi connectivity index (χ1) is 15.2. The predicted molar refractivity (Wildman–Crippen MR) is 128 cm³/mol. The maximum absolute atomic E-state index is 13.5. The second-order valence-corrected chi connectivity index (χ2v) is 11.6. The number of benzene rings is 2. The van der Waals surface area contributed by atoms with Crippen LogP contribution in [0.4, 0.5) is 0 Å². The molecule has 1 aliphatic heterocycles. The number of hydrogen-bond donors (Lipinski definition) is 1. The Labute approximate surface area is 200 Å². The van der Waals surface area contributed by atoms with Crippen LogP contribution in [0.5, 0.6) is 0 Å². The van der Waals surface area contributed by atoms with Crippen molar-refractivity contribution < 1.29 is 13.2 Å². The van der Waals surface area contributed by atoms with E-state index in [0.717, 1.165) is 37.7 Å². The van der Waals surface area contributed by atoms with Gasteiger partial charge in [-0.1, -0.05) is 54.2 Å². The van der Waals surface area contributed by atoms with Crippen LogP contribution in [0.1, 0.15) is 49.7 Å². The summed E-state index contributed by atoms with van der Waals surface area (Å²) in [6, 6.07) is 12.2. The van der Waals surface area contributed by atoms with Crippen molar-refractivity contribution in [2.24, 2.45) is 0 Å². The maximum atomic E-state index is 13.5. The molecule has 8 heteroatoms. The lowest BCUT2D eigenvalue weighted by Crippen LogP contribution is -2.53. The molecule has 0 radical (unpaired) electrons. The average Bonchev–Trinajstić information content (AvgIpc) is 3.27. The molecule has 2 aromatic carbocycles. The summed E-state index contributed by atoms with van der Waals surface area (Å²) in [6.45, 7) is 2.41. The monoisotopic (exact) mass is 494 g/mol. The molecule has 1 atom stereocenters. The highest BCUT2D eigenvalue weighted by molar-refractivity contribution is 7.89. The molecule has 0 spiro atoms. The number of hydrogen-bond acceptors (Lipinski definition) is 3. The summed E-state index contributed by atoms with van der Waals surface area (Å²) in [6.07, 6.45) is 5.01. The third kappa shape index (κ3) is 4.43. The highest BCUT2D eigenvalue weighted by Gasteiger charge is 2.44. The number of carbonyl (C=O) groups excluding carboxylic acids is 1. The number of amides is 1. The second-order valence-electron chi connectivity index (χ2n) is 8.83. The Morgan fingerprint density at radius 3 is 2.44 bits per heavy atom. The highest BCUT2D eigenvalue weighted by atomic mass is 35.5. The van der Waals surface area contributed by atoms with E-state index >= 15 is 0 Å². The standard InChI is InChI=1S/C24H28Cl2N2O3S/c1-17-21(26)7-4-8-22(17)32(30,31)28-15-5-6-20(16-28)27-23(29)24(13-2-3-14-24)18-9-11-19(25)12-10-18/h4,7-12,20H,2-3,5-6,13-16H2,1H3,(H,27,29)/t20-/m0/s1. The molecular weight excluding hydrogens is 467 g/mol. The SMILES string of the molecule is Cc1c(Cl)cccc1S(=O)(=O)N1CCC[C@H](NC(=O)C2(c3ccc(Cl)cc3)CCCC2)C1. The van der Waals surface area contributed by atoms with Gasteiger partial charge in [0.1, 0.15) is 0 Å². The zero-order chi connectivity index (χ0) is 22.9. The van der Waals surface area contributed by atoms with Crippen LogP contribution in [-0.4, -0.2) is 37.8 Å². The first-order valence-electron chi connectivity index (χ1n) is 11.1. The van der Waals surface area contributed by atoms with E-state index in [1.165, 1.54) is 4.31 Å². The van der Waals surface area contributed by atoms with Crippen molar-refractivity contribution in [3.8, 4) is 0 Å². The van der Waals surface area contributed by atoms with Gasteiger partial charge in [0.05, 0.1) is 10.3 Å². The lowest BCUT2D eigenvalue weighted by Gasteiger charge is -2.36. The summed E-state index contributed by atoms with van der Waals surface area (Å²) in [5.74, 6) is -0.0134. The summed E-state index contributed by atoms with van der Waals surface area (Å²) in [5, 5.41) is 4.27. The van der Waals surface area contributed by atoms with Gasteiger partial charge < -0.3 is 5.32 Å². The third-order valence-electron chi connectivity index (χ3n) is 6.84. The van der Waals surface area contributed by atoms with E-state index < -0.39 is 15.4 Å². The van der Waals surface area contributed by atoms with Gasteiger partial charge in [-0.3, -0.25) is 4.79 Å². The molecule has 1 saturated heterocycles. The number of rotatable bonds is 5. The average molecular weight is 495 g/mol. The topological polar surface area (TPSA) is 66.5 Å². The number of carbonyl (C=O) groups is 1. The van der Waals surface area contributed by atoms with Crippen molar-refractivity contribution in [1.29, 1.82) is 0 Å². The van der Waals surface area contributed by atoms with E-state index in [9.17, 15) is 13.2 Å². The van der Waals surface area contributed by atoms with Gasteiger partial charge in [-0.15, -0.1) is 0 Å². The van der Waals surface area contributed by atoms with Gasteiger partial charge in [-0.25, -0.2) is 8.42 Å². The Balaban J connectivity index is 1.53. The lowest BCUT2D eigenvalue weighted by atomic mass is 9.77. The largest absolute Gasteiger partial charge is 0.351 e. The molecule has 1 amide bonds. The van der Waals surface area contributed by atoms with Crippen LogP contribution in [0.25, 0.3) is 0 Å². The molecule has 5 nitrogen and oxygen atoms in total. The fraction of sp³-hybridized carbons (Fsp3) is 0.458.